The van der Waals surface area contributed by atoms with Crippen LogP contribution in [0.1, 0.15) is 43.6 Å². The van der Waals surface area contributed by atoms with Crippen molar-refractivity contribution >= 4 is 23.5 Å². The van der Waals surface area contributed by atoms with Gasteiger partial charge in [0.15, 0.2) is 6.61 Å². The van der Waals surface area contributed by atoms with Crippen LogP contribution in [0.25, 0.3) is 0 Å². The van der Waals surface area contributed by atoms with Gasteiger partial charge < -0.3 is 20.1 Å². The molecule has 0 heterocycles. The standard InChI is InChI=1S/C23H28N2O5/c1-5-29-19-9-7-6-8-18(19)22(28)24-14-21(27)30-15-20(26)25-17-12-10-16(11-13-17)23(2,3)4/h6-13H,5,14-15H2,1-4H3,(H,24,28)(H,25,26). The van der Waals surface area contributed by atoms with Crippen LogP contribution >= 0.6 is 0 Å². The molecule has 0 radical (unpaired) electrons. The van der Waals surface area contributed by atoms with E-state index in [-0.39, 0.29) is 12.0 Å². The third-order valence-electron chi connectivity index (χ3n) is 4.22. The Balaban J connectivity index is 1.78. The summed E-state index contributed by atoms with van der Waals surface area (Å²) in [5.74, 6) is -1.20. The number of ether oxygens (including phenoxy) is 2. The molecule has 0 unspecified atom stereocenters. The van der Waals surface area contributed by atoms with E-state index < -0.39 is 24.4 Å². The van der Waals surface area contributed by atoms with Gasteiger partial charge in [-0.2, -0.15) is 0 Å². The summed E-state index contributed by atoms with van der Waals surface area (Å²) in [7, 11) is 0. The van der Waals surface area contributed by atoms with Gasteiger partial charge in [-0.15, -0.1) is 0 Å². The second-order valence-electron chi connectivity index (χ2n) is 7.65. The van der Waals surface area contributed by atoms with Crippen molar-refractivity contribution in [3.05, 3.63) is 59.7 Å². The summed E-state index contributed by atoms with van der Waals surface area (Å²) in [6.45, 7) is 7.76. The summed E-state index contributed by atoms with van der Waals surface area (Å²) in [5.41, 5.74) is 2.10. The minimum absolute atomic E-state index is 0.0195. The van der Waals surface area contributed by atoms with Crippen LogP contribution in [0.2, 0.25) is 0 Å². The van der Waals surface area contributed by atoms with Crippen LogP contribution in [-0.4, -0.2) is 37.5 Å². The molecule has 0 aliphatic rings. The molecule has 0 saturated carbocycles. The zero-order valence-electron chi connectivity index (χ0n) is 17.8. The molecular weight excluding hydrogens is 384 g/mol. The number of benzene rings is 2. The molecule has 2 aromatic rings. The highest BCUT2D eigenvalue weighted by Crippen LogP contribution is 2.23. The zero-order chi connectivity index (χ0) is 22.1. The predicted octanol–water partition coefficient (Wildman–Crippen LogP) is 3.29. The lowest BCUT2D eigenvalue weighted by Crippen LogP contribution is -2.32. The lowest BCUT2D eigenvalue weighted by Gasteiger charge is -2.19. The number of carbonyl (C=O) groups is 3. The fourth-order valence-electron chi connectivity index (χ4n) is 2.63. The van der Waals surface area contributed by atoms with Crippen molar-refractivity contribution < 1.29 is 23.9 Å². The van der Waals surface area contributed by atoms with Crippen molar-refractivity contribution in [3.8, 4) is 5.75 Å². The molecule has 0 spiro atoms. The predicted molar refractivity (Wildman–Crippen MR) is 115 cm³/mol. The number of hydrogen-bond acceptors (Lipinski definition) is 5. The minimum atomic E-state index is -0.713. The number of rotatable bonds is 8. The van der Waals surface area contributed by atoms with Crippen LogP contribution in [0.5, 0.6) is 5.75 Å². The largest absolute Gasteiger partial charge is 0.493 e. The summed E-state index contributed by atoms with van der Waals surface area (Å²) in [6, 6.07) is 14.2. The van der Waals surface area contributed by atoms with Crippen molar-refractivity contribution in [2.24, 2.45) is 0 Å². The molecule has 0 bridgehead atoms. The first kappa shape index (κ1) is 22.9. The maximum absolute atomic E-state index is 12.2. The van der Waals surface area contributed by atoms with Gasteiger partial charge in [-0.25, -0.2) is 0 Å². The van der Waals surface area contributed by atoms with E-state index in [4.69, 9.17) is 9.47 Å². The Morgan fingerprint density at radius 1 is 0.967 bits per heavy atom. The molecule has 30 heavy (non-hydrogen) atoms. The number of hydrogen-bond donors (Lipinski definition) is 2. The van der Waals surface area contributed by atoms with E-state index >= 15 is 0 Å². The zero-order valence-corrected chi connectivity index (χ0v) is 17.8. The first-order valence-corrected chi connectivity index (χ1v) is 9.76. The normalized spacial score (nSPS) is 10.8. The van der Waals surface area contributed by atoms with E-state index in [0.717, 1.165) is 5.56 Å². The van der Waals surface area contributed by atoms with E-state index in [1.54, 1.807) is 36.4 Å². The Morgan fingerprint density at radius 2 is 1.63 bits per heavy atom. The van der Waals surface area contributed by atoms with E-state index in [1.165, 1.54) is 0 Å². The third-order valence-corrected chi connectivity index (χ3v) is 4.22. The molecule has 2 N–H and O–H groups in total. The van der Waals surface area contributed by atoms with Crippen molar-refractivity contribution in [3.63, 3.8) is 0 Å². The lowest BCUT2D eigenvalue weighted by molar-refractivity contribution is -0.146. The maximum atomic E-state index is 12.2. The van der Waals surface area contributed by atoms with E-state index in [2.05, 4.69) is 31.4 Å². The third kappa shape index (κ3) is 6.92. The fraction of sp³-hybridized carbons (Fsp3) is 0.348. The highest BCUT2D eigenvalue weighted by atomic mass is 16.5. The number of amides is 2. The quantitative estimate of drug-likeness (QED) is 0.649. The molecule has 2 amide bonds. The number of para-hydroxylation sites is 1. The number of esters is 1. The van der Waals surface area contributed by atoms with Crippen molar-refractivity contribution in [2.45, 2.75) is 33.1 Å². The fourth-order valence-corrected chi connectivity index (χ4v) is 2.63. The van der Waals surface area contributed by atoms with Crippen molar-refractivity contribution in [1.82, 2.24) is 5.32 Å². The highest BCUT2D eigenvalue weighted by Gasteiger charge is 2.15. The summed E-state index contributed by atoms with van der Waals surface area (Å²) < 4.78 is 10.3. The van der Waals surface area contributed by atoms with Crippen LogP contribution in [0.4, 0.5) is 5.69 Å². The van der Waals surface area contributed by atoms with Gasteiger partial charge in [-0.1, -0.05) is 45.0 Å². The van der Waals surface area contributed by atoms with Gasteiger partial charge in [0, 0.05) is 5.69 Å². The van der Waals surface area contributed by atoms with Crippen LogP contribution in [-0.2, 0) is 19.7 Å². The van der Waals surface area contributed by atoms with Gasteiger partial charge in [0.25, 0.3) is 11.8 Å². The average Bonchev–Trinajstić information content (AvgIpc) is 2.71. The SMILES string of the molecule is CCOc1ccccc1C(=O)NCC(=O)OCC(=O)Nc1ccc(C(C)(C)C)cc1. The van der Waals surface area contributed by atoms with Gasteiger partial charge in [0.2, 0.25) is 0 Å². The first-order chi connectivity index (χ1) is 14.2. The Kier molecular flexibility index (Phi) is 7.98. The average molecular weight is 412 g/mol. The van der Waals surface area contributed by atoms with E-state index in [9.17, 15) is 14.4 Å². The maximum Gasteiger partial charge on any atom is 0.325 e. The van der Waals surface area contributed by atoms with Crippen molar-refractivity contribution in [2.75, 3.05) is 25.1 Å². The van der Waals surface area contributed by atoms with Gasteiger partial charge in [0.1, 0.15) is 12.3 Å². The first-order valence-electron chi connectivity index (χ1n) is 9.76. The van der Waals surface area contributed by atoms with Gasteiger partial charge >= 0.3 is 5.97 Å². The summed E-state index contributed by atoms with van der Waals surface area (Å²) in [6.07, 6.45) is 0. The van der Waals surface area contributed by atoms with Crippen LogP contribution in [0.3, 0.4) is 0 Å². The molecule has 2 aromatic carbocycles. The molecule has 7 heteroatoms. The second-order valence-corrected chi connectivity index (χ2v) is 7.65. The second kappa shape index (κ2) is 10.4. The molecule has 0 aliphatic carbocycles. The summed E-state index contributed by atoms with van der Waals surface area (Å²) in [4.78, 5) is 36.1. The molecule has 0 aliphatic heterocycles. The Bertz CT molecular complexity index is 885. The van der Waals surface area contributed by atoms with E-state index in [1.807, 2.05) is 19.1 Å². The summed E-state index contributed by atoms with van der Waals surface area (Å²) in [5, 5.41) is 5.13. The Labute approximate surface area is 176 Å². The monoisotopic (exact) mass is 412 g/mol. The minimum Gasteiger partial charge on any atom is -0.493 e. The molecule has 0 atom stereocenters. The molecule has 0 saturated heterocycles. The Hall–Kier alpha value is -3.35. The van der Waals surface area contributed by atoms with Crippen LogP contribution < -0.4 is 15.4 Å². The molecule has 0 aromatic heterocycles. The van der Waals surface area contributed by atoms with Gasteiger partial charge in [-0.3, -0.25) is 14.4 Å². The van der Waals surface area contributed by atoms with Crippen LogP contribution in [0, 0.1) is 0 Å². The molecule has 0 fully saturated rings. The van der Waals surface area contributed by atoms with Crippen LogP contribution in [0.15, 0.2) is 48.5 Å². The van der Waals surface area contributed by atoms with E-state index in [0.29, 0.717) is 23.6 Å². The number of nitrogens with one attached hydrogen (secondary N) is 2. The molecular formula is C23H28N2O5. The van der Waals surface area contributed by atoms with Gasteiger partial charge in [0.05, 0.1) is 12.2 Å². The highest BCUT2D eigenvalue weighted by molar-refractivity contribution is 5.98. The number of carbonyl (C=O) groups excluding carboxylic acids is 3. The topological polar surface area (TPSA) is 93.7 Å². The smallest absolute Gasteiger partial charge is 0.325 e. The number of anilines is 1. The Morgan fingerprint density at radius 3 is 2.27 bits per heavy atom. The summed E-state index contributed by atoms with van der Waals surface area (Å²) >= 11 is 0. The van der Waals surface area contributed by atoms with Crippen molar-refractivity contribution in [1.29, 1.82) is 0 Å². The molecule has 160 valence electrons. The molecule has 2 rings (SSSR count). The lowest BCUT2D eigenvalue weighted by atomic mass is 9.87. The van der Waals surface area contributed by atoms with Gasteiger partial charge in [-0.05, 0) is 42.2 Å². The molecule has 7 nitrogen and oxygen atoms in total.